The number of benzene rings is 3. The van der Waals surface area contributed by atoms with Crippen molar-refractivity contribution in [1.82, 2.24) is 10.3 Å². The van der Waals surface area contributed by atoms with Crippen molar-refractivity contribution in [2.24, 2.45) is 0 Å². The molecule has 3 aromatic carbocycles. The number of rotatable bonds is 9. The molecule has 0 fully saturated rings. The van der Waals surface area contributed by atoms with Crippen molar-refractivity contribution in [3.8, 4) is 17.0 Å². The number of anilines is 2. The molecule has 0 radical (unpaired) electrons. The summed E-state index contributed by atoms with van der Waals surface area (Å²) in [5.41, 5.74) is 4.66. The van der Waals surface area contributed by atoms with Crippen molar-refractivity contribution >= 4 is 28.1 Å². The maximum Gasteiger partial charge on any atom is 0.243 e. The van der Waals surface area contributed by atoms with Gasteiger partial charge in [-0.2, -0.15) is 0 Å². The van der Waals surface area contributed by atoms with Crippen molar-refractivity contribution < 1.29 is 13.9 Å². The first-order valence-corrected chi connectivity index (χ1v) is 12.3. The third-order valence-electron chi connectivity index (χ3n) is 5.74. The number of carbonyl (C=O) groups excluding carboxylic acids is 1. The number of hydrogen-bond donors (Lipinski definition) is 1. The molecule has 180 valence electrons. The average Bonchev–Trinajstić information content (AvgIpc) is 3.36. The summed E-state index contributed by atoms with van der Waals surface area (Å²) in [5.74, 6) is 0.377. The van der Waals surface area contributed by atoms with E-state index in [0.29, 0.717) is 13.0 Å². The Balaban J connectivity index is 1.63. The van der Waals surface area contributed by atoms with Gasteiger partial charge in [0.25, 0.3) is 0 Å². The van der Waals surface area contributed by atoms with Crippen LogP contribution in [0.3, 0.4) is 0 Å². The van der Waals surface area contributed by atoms with Gasteiger partial charge in [-0.05, 0) is 73.0 Å². The Morgan fingerprint density at radius 3 is 2.51 bits per heavy atom. The molecular formula is C28H28FN3O2S. The number of carbonyl (C=O) groups is 1. The van der Waals surface area contributed by atoms with Crippen LogP contribution in [0.15, 0.2) is 78.2 Å². The topological polar surface area (TPSA) is 54.5 Å². The molecule has 1 amide bonds. The molecule has 0 aliphatic heterocycles. The first kappa shape index (κ1) is 24.4. The quantitative estimate of drug-likeness (QED) is 0.292. The fraction of sp³-hybridized carbons (Fsp3) is 0.214. The van der Waals surface area contributed by atoms with E-state index in [2.05, 4.69) is 11.4 Å². The Labute approximate surface area is 209 Å². The Kier molecular flexibility index (Phi) is 7.77. The van der Waals surface area contributed by atoms with Gasteiger partial charge in [0.05, 0.1) is 12.8 Å². The lowest BCUT2D eigenvalue weighted by Crippen LogP contribution is -2.44. The third kappa shape index (κ3) is 5.87. The van der Waals surface area contributed by atoms with Gasteiger partial charge in [-0.3, -0.25) is 4.79 Å². The number of nitrogens with zero attached hydrogens (tertiary/aromatic N) is 2. The number of hydrogen-bond acceptors (Lipinski definition) is 5. The summed E-state index contributed by atoms with van der Waals surface area (Å²) in [4.78, 5) is 20.3. The smallest absolute Gasteiger partial charge is 0.243 e. The number of aromatic nitrogens is 1. The Bertz CT molecular complexity index is 1270. The molecular weight excluding hydrogens is 461 g/mol. The van der Waals surface area contributed by atoms with E-state index in [1.165, 1.54) is 23.5 Å². The zero-order valence-corrected chi connectivity index (χ0v) is 20.8. The summed E-state index contributed by atoms with van der Waals surface area (Å²) in [6.07, 6.45) is 0.584. The lowest BCUT2D eigenvalue weighted by atomic mass is 10.1. The van der Waals surface area contributed by atoms with Crippen molar-refractivity contribution in [2.45, 2.75) is 32.9 Å². The summed E-state index contributed by atoms with van der Waals surface area (Å²) >= 11 is 1.50. The molecule has 0 saturated carbocycles. The van der Waals surface area contributed by atoms with Crippen LogP contribution in [0.2, 0.25) is 0 Å². The summed E-state index contributed by atoms with van der Waals surface area (Å²) in [6.45, 7) is 4.34. The van der Waals surface area contributed by atoms with E-state index in [1.54, 1.807) is 19.2 Å². The maximum absolute atomic E-state index is 13.4. The number of nitrogens with one attached hydrogen (secondary N) is 1. The van der Waals surface area contributed by atoms with E-state index in [9.17, 15) is 9.18 Å². The Morgan fingerprint density at radius 2 is 1.86 bits per heavy atom. The molecule has 1 unspecified atom stereocenters. The van der Waals surface area contributed by atoms with E-state index in [0.717, 1.165) is 39.0 Å². The van der Waals surface area contributed by atoms with Crippen LogP contribution in [0.5, 0.6) is 5.75 Å². The fourth-order valence-corrected chi connectivity index (χ4v) is 4.77. The van der Waals surface area contributed by atoms with Gasteiger partial charge in [-0.1, -0.05) is 31.2 Å². The van der Waals surface area contributed by atoms with Crippen LogP contribution in [0.25, 0.3) is 11.3 Å². The SMILES string of the molecule is CCC(C(=O)NCc1ccc(F)cc1)N(c1cccc(C)c1)c1nc(-c2ccc(OC)cc2)cs1. The molecule has 0 aliphatic rings. The van der Waals surface area contributed by atoms with Gasteiger partial charge >= 0.3 is 0 Å². The number of thiazole rings is 1. The summed E-state index contributed by atoms with van der Waals surface area (Å²) in [7, 11) is 1.64. The molecule has 1 atom stereocenters. The van der Waals surface area contributed by atoms with E-state index >= 15 is 0 Å². The molecule has 1 N–H and O–H groups in total. The summed E-state index contributed by atoms with van der Waals surface area (Å²) in [5, 5.41) is 5.76. The maximum atomic E-state index is 13.4. The molecule has 4 aromatic rings. The van der Waals surface area contributed by atoms with Crippen LogP contribution < -0.4 is 15.0 Å². The number of amides is 1. The molecule has 4 rings (SSSR count). The number of ether oxygens (including phenoxy) is 1. The lowest BCUT2D eigenvalue weighted by molar-refractivity contribution is -0.122. The Morgan fingerprint density at radius 1 is 1.11 bits per heavy atom. The van der Waals surface area contributed by atoms with E-state index < -0.39 is 6.04 Å². The number of halogens is 1. The highest BCUT2D eigenvalue weighted by Gasteiger charge is 2.28. The molecule has 0 bridgehead atoms. The molecule has 7 heteroatoms. The first-order chi connectivity index (χ1) is 17.0. The number of aryl methyl sites for hydroxylation is 1. The number of methoxy groups -OCH3 is 1. The van der Waals surface area contributed by atoms with Crippen molar-refractivity contribution in [1.29, 1.82) is 0 Å². The van der Waals surface area contributed by atoms with Crippen molar-refractivity contribution in [3.63, 3.8) is 0 Å². The molecule has 0 saturated heterocycles. The second kappa shape index (κ2) is 11.1. The molecule has 0 aliphatic carbocycles. The summed E-state index contributed by atoms with van der Waals surface area (Å²) in [6, 6.07) is 21.5. The third-order valence-corrected chi connectivity index (χ3v) is 6.58. The second-order valence-electron chi connectivity index (χ2n) is 8.22. The van der Waals surface area contributed by atoms with Crippen LogP contribution in [0.4, 0.5) is 15.2 Å². The molecule has 1 aromatic heterocycles. The van der Waals surface area contributed by atoms with Gasteiger partial charge in [0, 0.05) is 23.2 Å². The minimum atomic E-state index is -0.466. The standard InChI is InChI=1S/C28H28FN3O2S/c1-4-26(27(33)30-17-20-8-12-22(29)13-9-20)32(23-7-5-6-19(2)16-23)28-31-25(18-35-28)21-10-14-24(34-3)15-11-21/h5-16,18,26H,4,17H2,1-3H3,(H,30,33). The van der Waals surface area contributed by atoms with E-state index in [4.69, 9.17) is 9.72 Å². The van der Waals surface area contributed by atoms with Gasteiger partial charge in [0.2, 0.25) is 5.91 Å². The molecule has 5 nitrogen and oxygen atoms in total. The fourth-order valence-electron chi connectivity index (χ4n) is 3.87. The molecule has 0 spiro atoms. The van der Waals surface area contributed by atoms with Gasteiger partial charge in [-0.25, -0.2) is 9.37 Å². The minimum Gasteiger partial charge on any atom is -0.497 e. The van der Waals surface area contributed by atoms with Crippen LogP contribution in [-0.4, -0.2) is 24.0 Å². The van der Waals surface area contributed by atoms with Crippen LogP contribution in [0.1, 0.15) is 24.5 Å². The minimum absolute atomic E-state index is 0.112. The zero-order chi connectivity index (χ0) is 24.8. The van der Waals surface area contributed by atoms with Crippen LogP contribution >= 0.6 is 11.3 Å². The van der Waals surface area contributed by atoms with E-state index in [-0.39, 0.29) is 11.7 Å². The predicted octanol–water partition coefficient (Wildman–Crippen LogP) is 6.50. The first-order valence-electron chi connectivity index (χ1n) is 11.5. The molecule has 35 heavy (non-hydrogen) atoms. The van der Waals surface area contributed by atoms with Crippen LogP contribution in [0, 0.1) is 12.7 Å². The highest BCUT2D eigenvalue weighted by Crippen LogP contribution is 2.35. The Hall–Kier alpha value is -3.71. The van der Waals surface area contributed by atoms with Crippen molar-refractivity contribution in [3.05, 3.63) is 95.1 Å². The van der Waals surface area contributed by atoms with Crippen molar-refractivity contribution in [2.75, 3.05) is 12.0 Å². The van der Waals surface area contributed by atoms with Gasteiger partial charge in [0.15, 0.2) is 5.13 Å². The van der Waals surface area contributed by atoms with Gasteiger partial charge in [0.1, 0.15) is 17.6 Å². The summed E-state index contributed by atoms with van der Waals surface area (Å²) < 4.78 is 18.5. The largest absolute Gasteiger partial charge is 0.497 e. The van der Waals surface area contributed by atoms with Crippen LogP contribution in [-0.2, 0) is 11.3 Å². The highest BCUT2D eigenvalue weighted by atomic mass is 32.1. The van der Waals surface area contributed by atoms with Gasteiger partial charge in [-0.15, -0.1) is 11.3 Å². The normalized spacial score (nSPS) is 11.7. The average molecular weight is 490 g/mol. The lowest BCUT2D eigenvalue weighted by Gasteiger charge is -2.30. The predicted molar refractivity (Wildman–Crippen MR) is 140 cm³/mol. The van der Waals surface area contributed by atoms with E-state index in [1.807, 2.05) is 66.6 Å². The monoisotopic (exact) mass is 489 g/mol. The zero-order valence-electron chi connectivity index (χ0n) is 20.0. The van der Waals surface area contributed by atoms with Gasteiger partial charge < -0.3 is 15.0 Å². The second-order valence-corrected chi connectivity index (χ2v) is 9.06. The highest BCUT2D eigenvalue weighted by molar-refractivity contribution is 7.14. The molecule has 1 heterocycles.